The minimum Gasteiger partial charge on any atom is -0.311 e. The fraction of sp³-hybridized carbons (Fsp3) is 0.250. The van der Waals surface area contributed by atoms with Crippen LogP contribution in [0.4, 0.5) is 5.82 Å². The molecule has 3 rings (SSSR count). The van der Waals surface area contributed by atoms with Crippen LogP contribution >= 0.6 is 0 Å². The number of nitrogens with one attached hydrogen (secondary N) is 1. The van der Waals surface area contributed by atoms with E-state index >= 15 is 0 Å². The molecule has 3 aromatic rings. The predicted molar refractivity (Wildman–Crippen MR) is 99.3 cm³/mol. The smallest absolute Gasteiger partial charge is 0.225 e. The Bertz CT molecular complexity index is 855. The van der Waals surface area contributed by atoms with Gasteiger partial charge in [-0.15, -0.1) is 0 Å². The number of aromatic nitrogens is 3. The number of hydrogen-bond donors (Lipinski definition) is 1. The standard InChI is InChI=1S/C20H22N4O/c1-3-24-19(14-18(23-24)17-9-11-21-12-10-17)22-20(25)8-7-16-6-4-5-15(2)13-16/h4-6,9-14H,3,7-8H2,1-2H3,(H,22,25). The number of amides is 1. The number of rotatable bonds is 6. The molecule has 0 saturated heterocycles. The van der Waals surface area contributed by atoms with E-state index in [4.69, 9.17) is 0 Å². The van der Waals surface area contributed by atoms with Crippen molar-refractivity contribution < 1.29 is 4.79 Å². The number of aryl methyl sites for hydroxylation is 3. The third-order valence-electron chi connectivity index (χ3n) is 4.05. The Morgan fingerprint density at radius 3 is 2.68 bits per heavy atom. The molecule has 0 bridgehead atoms. The number of anilines is 1. The van der Waals surface area contributed by atoms with Gasteiger partial charge in [0.1, 0.15) is 5.82 Å². The van der Waals surface area contributed by atoms with Gasteiger partial charge in [-0.05, 0) is 38.0 Å². The van der Waals surface area contributed by atoms with E-state index in [9.17, 15) is 4.79 Å². The first-order chi connectivity index (χ1) is 12.2. The minimum absolute atomic E-state index is 0.00242. The molecular formula is C20H22N4O. The van der Waals surface area contributed by atoms with E-state index in [1.54, 1.807) is 17.1 Å². The van der Waals surface area contributed by atoms with Gasteiger partial charge in [0, 0.05) is 37.0 Å². The molecule has 25 heavy (non-hydrogen) atoms. The zero-order chi connectivity index (χ0) is 17.6. The molecule has 0 fully saturated rings. The summed E-state index contributed by atoms with van der Waals surface area (Å²) < 4.78 is 1.81. The summed E-state index contributed by atoms with van der Waals surface area (Å²) in [6.07, 6.45) is 4.65. The topological polar surface area (TPSA) is 59.8 Å². The molecular weight excluding hydrogens is 312 g/mol. The lowest BCUT2D eigenvalue weighted by Crippen LogP contribution is -2.15. The van der Waals surface area contributed by atoms with E-state index in [1.807, 2.05) is 31.2 Å². The van der Waals surface area contributed by atoms with Gasteiger partial charge in [0.05, 0.1) is 5.69 Å². The van der Waals surface area contributed by atoms with Gasteiger partial charge < -0.3 is 5.32 Å². The molecule has 0 radical (unpaired) electrons. The van der Waals surface area contributed by atoms with Gasteiger partial charge in [0.2, 0.25) is 5.91 Å². The Labute approximate surface area is 147 Å². The normalized spacial score (nSPS) is 10.6. The summed E-state index contributed by atoms with van der Waals surface area (Å²) >= 11 is 0. The summed E-state index contributed by atoms with van der Waals surface area (Å²) in [7, 11) is 0. The van der Waals surface area contributed by atoms with Gasteiger partial charge >= 0.3 is 0 Å². The number of pyridine rings is 1. The highest BCUT2D eigenvalue weighted by Crippen LogP contribution is 2.21. The van der Waals surface area contributed by atoms with Crippen LogP contribution in [0.1, 0.15) is 24.5 Å². The molecule has 1 amide bonds. The number of carbonyl (C=O) groups is 1. The Balaban J connectivity index is 1.67. The molecule has 5 heteroatoms. The third-order valence-corrected chi connectivity index (χ3v) is 4.05. The van der Waals surface area contributed by atoms with Crippen LogP contribution in [0.2, 0.25) is 0 Å². The highest BCUT2D eigenvalue weighted by molar-refractivity contribution is 5.90. The molecule has 128 valence electrons. The number of hydrogen-bond acceptors (Lipinski definition) is 3. The SMILES string of the molecule is CCn1nc(-c2ccncc2)cc1NC(=O)CCc1cccc(C)c1. The number of benzene rings is 1. The fourth-order valence-electron chi connectivity index (χ4n) is 2.75. The van der Waals surface area contributed by atoms with Gasteiger partial charge in [-0.2, -0.15) is 5.10 Å². The largest absolute Gasteiger partial charge is 0.311 e. The van der Waals surface area contributed by atoms with Gasteiger partial charge in [0.25, 0.3) is 0 Å². The highest BCUT2D eigenvalue weighted by Gasteiger charge is 2.11. The maximum Gasteiger partial charge on any atom is 0.225 e. The van der Waals surface area contributed by atoms with E-state index in [2.05, 4.69) is 40.5 Å². The van der Waals surface area contributed by atoms with E-state index in [1.165, 1.54) is 11.1 Å². The summed E-state index contributed by atoms with van der Waals surface area (Å²) in [6.45, 7) is 4.76. The van der Waals surface area contributed by atoms with Crippen LogP contribution in [0, 0.1) is 6.92 Å². The van der Waals surface area contributed by atoms with Crippen molar-refractivity contribution in [1.82, 2.24) is 14.8 Å². The molecule has 0 aliphatic heterocycles. The first-order valence-corrected chi connectivity index (χ1v) is 8.49. The van der Waals surface area contributed by atoms with Crippen LogP contribution in [0.3, 0.4) is 0 Å². The molecule has 2 aromatic heterocycles. The van der Waals surface area contributed by atoms with Crippen molar-refractivity contribution in [2.24, 2.45) is 0 Å². The second kappa shape index (κ2) is 7.75. The third kappa shape index (κ3) is 4.32. The van der Waals surface area contributed by atoms with Crippen LogP contribution < -0.4 is 5.32 Å². The lowest BCUT2D eigenvalue weighted by molar-refractivity contribution is -0.116. The second-order valence-corrected chi connectivity index (χ2v) is 6.00. The van der Waals surface area contributed by atoms with Crippen molar-refractivity contribution in [1.29, 1.82) is 0 Å². The van der Waals surface area contributed by atoms with Gasteiger partial charge in [-0.25, -0.2) is 4.68 Å². The van der Waals surface area contributed by atoms with Crippen molar-refractivity contribution >= 4 is 11.7 Å². The van der Waals surface area contributed by atoms with Crippen molar-refractivity contribution in [2.45, 2.75) is 33.2 Å². The average molecular weight is 334 g/mol. The molecule has 0 aliphatic rings. The molecule has 0 unspecified atom stereocenters. The monoisotopic (exact) mass is 334 g/mol. The summed E-state index contributed by atoms with van der Waals surface area (Å²) in [4.78, 5) is 16.3. The molecule has 1 N–H and O–H groups in total. The maximum absolute atomic E-state index is 12.3. The van der Waals surface area contributed by atoms with Gasteiger partial charge in [0.15, 0.2) is 0 Å². The van der Waals surface area contributed by atoms with Crippen molar-refractivity contribution in [2.75, 3.05) is 5.32 Å². The summed E-state index contributed by atoms with van der Waals surface area (Å²) in [6, 6.07) is 14.0. The minimum atomic E-state index is -0.00242. The van der Waals surface area contributed by atoms with E-state index in [0.717, 1.165) is 23.5 Å². The average Bonchev–Trinajstić information content (AvgIpc) is 3.04. The van der Waals surface area contributed by atoms with E-state index in [0.29, 0.717) is 13.0 Å². The summed E-state index contributed by atoms with van der Waals surface area (Å²) in [5, 5.41) is 7.54. The quantitative estimate of drug-likeness (QED) is 0.745. The van der Waals surface area contributed by atoms with Crippen molar-refractivity contribution in [3.05, 3.63) is 66.0 Å². The molecule has 0 atom stereocenters. The first-order valence-electron chi connectivity index (χ1n) is 8.49. The Hall–Kier alpha value is -2.95. The van der Waals surface area contributed by atoms with Crippen molar-refractivity contribution in [3.8, 4) is 11.3 Å². The summed E-state index contributed by atoms with van der Waals surface area (Å²) in [5.74, 6) is 0.723. The molecule has 5 nitrogen and oxygen atoms in total. The molecule has 0 aliphatic carbocycles. The van der Waals surface area contributed by atoms with Gasteiger partial charge in [-0.3, -0.25) is 9.78 Å². The Morgan fingerprint density at radius 1 is 1.16 bits per heavy atom. The first kappa shape index (κ1) is 16.9. The van der Waals surface area contributed by atoms with Crippen LogP contribution in [0.5, 0.6) is 0 Å². The van der Waals surface area contributed by atoms with Crippen LogP contribution in [-0.4, -0.2) is 20.7 Å². The zero-order valence-corrected chi connectivity index (χ0v) is 14.6. The maximum atomic E-state index is 12.3. The van der Waals surface area contributed by atoms with Gasteiger partial charge in [-0.1, -0.05) is 29.8 Å². The zero-order valence-electron chi connectivity index (χ0n) is 14.6. The van der Waals surface area contributed by atoms with E-state index < -0.39 is 0 Å². The predicted octanol–water partition coefficient (Wildman–Crippen LogP) is 3.84. The summed E-state index contributed by atoms with van der Waals surface area (Å²) in [5.41, 5.74) is 4.20. The molecule has 1 aromatic carbocycles. The van der Waals surface area contributed by atoms with E-state index in [-0.39, 0.29) is 5.91 Å². The molecule has 0 saturated carbocycles. The van der Waals surface area contributed by atoms with Crippen LogP contribution in [0.25, 0.3) is 11.3 Å². The molecule has 2 heterocycles. The lowest BCUT2D eigenvalue weighted by Gasteiger charge is -2.07. The Morgan fingerprint density at radius 2 is 1.96 bits per heavy atom. The highest BCUT2D eigenvalue weighted by atomic mass is 16.1. The van der Waals surface area contributed by atoms with Crippen LogP contribution in [-0.2, 0) is 17.8 Å². The number of nitrogens with zero attached hydrogens (tertiary/aromatic N) is 3. The molecule has 0 spiro atoms. The van der Waals surface area contributed by atoms with Crippen molar-refractivity contribution in [3.63, 3.8) is 0 Å². The van der Waals surface area contributed by atoms with Crippen LogP contribution in [0.15, 0.2) is 54.9 Å². The Kier molecular flexibility index (Phi) is 5.23. The second-order valence-electron chi connectivity index (χ2n) is 6.00. The lowest BCUT2D eigenvalue weighted by atomic mass is 10.1. The number of carbonyl (C=O) groups excluding carboxylic acids is 1. The fourth-order valence-corrected chi connectivity index (χ4v) is 2.75.